The predicted molar refractivity (Wildman–Crippen MR) is 269 cm³/mol. The zero-order valence-electron chi connectivity index (χ0n) is 44.5. The number of nitrogens with zero attached hydrogens (tertiary/aromatic N) is 2. The third kappa shape index (κ3) is 27.7. The molecule has 26 heteroatoms. The van der Waals surface area contributed by atoms with Crippen LogP contribution in [0.1, 0.15) is 149 Å². The van der Waals surface area contributed by atoms with Gasteiger partial charge in [-0.1, -0.05) is 105 Å². The van der Waals surface area contributed by atoms with Crippen LogP contribution in [-0.2, 0) is 79.0 Å². The van der Waals surface area contributed by atoms with Crippen molar-refractivity contribution >= 4 is 33.4 Å². The number of halogens is 2. The van der Waals surface area contributed by atoms with Crippen LogP contribution >= 0.6 is 15.6 Å². The molecule has 1 aliphatic heterocycles. The summed E-state index contributed by atoms with van der Waals surface area (Å²) in [5.41, 5.74) is 4.29. The minimum atomic E-state index is -4.42. The van der Waals surface area contributed by atoms with Crippen LogP contribution in [0.4, 0.5) is 14.6 Å². The van der Waals surface area contributed by atoms with Gasteiger partial charge in [0.2, 0.25) is 6.23 Å². The maximum absolute atomic E-state index is 15.0. The number of hydrogen-bond acceptors (Lipinski definition) is 21. The zero-order valence-corrected chi connectivity index (χ0v) is 46.3. The first-order valence-corrected chi connectivity index (χ1v) is 29.1. The molecule has 1 aromatic rings. The van der Waals surface area contributed by atoms with Gasteiger partial charge < -0.3 is 44.0 Å². The van der Waals surface area contributed by atoms with E-state index in [1.54, 1.807) is 0 Å². The number of anilines is 1. The van der Waals surface area contributed by atoms with Crippen LogP contribution in [0.25, 0.3) is 0 Å². The molecule has 0 amide bonds. The lowest BCUT2D eigenvalue weighted by molar-refractivity contribution is -0.158. The van der Waals surface area contributed by atoms with Crippen LogP contribution in [0, 0.1) is 0 Å². The molecule has 3 N–H and O–H groups in total. The molecule has 2 unspecified atom stereocenters. The van der Waals surface area contributed by atoms with Gasteiger partial charge in [-0.05, 0) is 31.7 Å². The minimum Gasteiger partial charge on any atom is -0.463 e. The van der Waals surface area contributed by atoms with E-state index in [2.05, 4.69) is 32.7 Å². The highest BCUT2D eigenvalue weighted by Crippen LogP contribution is 2.51. The van der Waals surface area contributed by atoms with Gasteiger partial charge in [0, 0.05) is 46.8 Å². The van der Waals surface area contributed by atoms with Crippen LogP contribution in [-0.4, -0.2) is 150 Å². The number of rotatable bonds is 47. The van der Waals surface area contributed by atoms with Crippen molar-refractivity contribution in [2.45, 2.75) is 186 Å². The summed E-state index contributed by atoms with van der Waals surface area (Å²) in [4.78, 5) is 41.6. The van der Waals surface area contributed by atoms with Crippen LogP contribution in [0.2, 0.25) is 0 Å². The number of carbonyl (C=O) groups is 2. The molecule has 1 aliphatic rings. The number of hydrogen-bond donors (Lipinski definition) is 2. The molecule has 0 aromatic carbocycles. The van der Waals surface area contributed by atoms with Crippen molar-refractivity contribution in [3.05, 3.63) is 22.7 Å². The standard InChI is InChI=1S/C48H87F2N3O19P2/c1-7-11-15-19-27-62-31-38(64-29-21-17-13-9-3)33-67-73(58,60-5)69-35-40(36-70-74(59,61-6)68-34-39(65-30-22-18-14-10-4)32-63-28-20-16-12-8-2)71-44(55)24-23-43(54)66-37-41-45(56)48(49,50)46(72-41)53-26-25-42(51)52-47(53)57/h25-26,38-41,45-46,56H,7-24,27-37H2,1-6H3,(H2,51,52,57)/t38-,39-,40?,41-,45-,46-,73?,74?/m1/s1. The Bertz CT molecular complexity index is 1760. The second-order valence-corrected chi connectivity index (χ2v) is 21.4. The number of nitrogens with two attached hydrogens (primary N) is 1. The number of esters is 2. The average molecular weight is 1110 g/mol. The molecule has 2 heterocycles. The van der Waals surface area contributed by atoms with E-state index in [0.29, 0.717) is 31.0 Å². The number of phosphoric acid groups is 2. The van der Waals surface area contributed by atoms with E-state index in [4.69, 9.17) is 66.0 Å². The number of phosphoric ester groups is 2. The minimum absolute atomic E-state index is 0.145. The zero-order chi connectivity index (χ0) is 54.7. The molecule has 0 radical (unpaired) electrons. The van der Waals surface area contributed by atoms with E-state index in [1.165, 1.54) is 0 Å². The molecule has 7 atom stereocenters. The Morgan fingerprint density at radius 3 is 1.55 bits per heavy atom. The quantitative estimate of drug-likeness (QED) is 0.0351. The highest BCUT2D eigenvalue weighted by molar-refractivity contribution is 7.48. The third-order valence-electron chi connectivity index (χ3n) is 11.4. The summed E-state index contributed by atoms with van der Waals surface area (Å²) in [6.45, 7) is 7.68. The van der Waals surface area contributed by atoms with Gasteiger partial charge in [-0.15, -0.1) is 0 Å². The highest BCUT2D eigenvalue weighted by atomic mass is 31.2. The van der Waals surface area contributed by atoms with E-state index >= 15 is 8.78 Å². The molecule has 0 bridgehead atoms. The van der Waals surface area contributed by atoms with Gasteiger partial charge in [0.05, 0.1) is 52.5 Å². The van der Waals surface area contributed by atoms with Crippen molar-refractivity contribution in [3.63, 3.8) is 0 Å². The predicted octanol–water partition coefficient (Wildman–Crippen LogP) is 8.65. The topological polar surface area (TPSA) is 269 Å². The summed E-state index contributed by atoms with van der Waals surface area (Å²) in [7, 11) is -6.66. The van der Waals surface area contributed by atoms with Crippen molar-refractivity contribution in [2.24, 2.45) is 0 Å². The summed E-state index contributed by atoms with van der Waals surface area (Å²) >= 11 is 0. The van der Waals surface area contributed by atoms with Crippen molar-refractivity contribution in [3.8, 4) is 0 Å². The maximum Gasteiger partial charge on any atom is 0.474 e. The lowest BCUT2D eigenvalue weighted by Gasteiger charge is -2.25. The summed E-state index contributed by atoms with van der Waals surface area (Å²) < 4.78 is 131. The Morgan fingerprint density at radius 1 is 0.689 bits per heavy atom. The van der Waals surface area contributed by atoms with Gasteiger partial charge in [0.15, 0.2) is 6.10 Å². The molecule has 0 aliphatic carbocycles. The van der Waals surface area contributed by atoms with E-state index < -0.39 is 109 Å². The Kier molecular flexibility index (Phi) is 35.5. The van der Waals surface area contributed by atoms with Crippen LogP contribution in [0.3, 0.4) is 0 Å². The van der Waals surface area contributed by atoms with E-state index in [0.717, 1.165) is 129 Å². The number of aromatic nitrogens is 2. The first-order chi connectivity index (χ1) is 35.5. The molecular weight excluding hydrogens is 1020 g/mol. The smallest absolute Gasteiger partial charge is 0.463 e. The Balaban J connectivity index is 2.18. The molecule has 1 aromatic heterocycles. The second kappa shape index (κ2) is 38.9. The van der Waals surface area contributed by atoms with Gasteiger partial charge in [-0.3, -0.25) is 41.3 Å². The number of alkyl halides is 2. The molecule has 1 fully saturated rings. The van der Waals surface area contributed by atoms with Crippen LogP contribution < -0.4 is 11.4 Å². The molecule has 432 valence electrons. The van der Waals surface area contributed by atoms with Crippen molar-refractivity contribution in [2.75, 3.05) is 92.6 Å². The lowest BCUT2D eigenvalue weighted by Crippen LogP contribution is -2.42. The van der Waals surface area contributed by atoms with Gasteiger partial charge in [-0.25, -0.2) is 13.9 Å². The molecular formula is C48H87F2N3O19P2. The second-order valence-electron chi connectivity index (χ2n) is 17.8. The molecule has 0 saturated carbocycles. The molecule has 1 saturated heterocycles. The summed E-state index contributed by atoms with van der Waals surface area (Å²) in [6, 6.07) is 1.09. The molecule has 2 rings (SSSR count). The third-order valence-corrected chi connectivity index (χ3v) is 14.2. The lowest BCUT2D eigenvalue weighted by atomic mass is 10.1. The average Bonchev–Trinajstić information content (AvgIpc) is 3.61. The van der Waals surface area contributed by atoms with Crippen LogP contribution in [0.15, 0.2) is 17.1 Å². The number of nitrogen functional groups attached to an aromatic ring is 1. The summed E-state index contributed by atoms with van der Waals surface area (Å²) in [5, 5.41) is 10.3. The van der Waals surface area contributed by atoms with Gasteiger partial charge in [-0.2, -0.15) is 13.8 Å². The molecule has 74 heavy (non-hydrogen) atoms. The number of aliphatic hydroxyl groups is 1. The Labute approximate surface area is 436 Å². The highest BCUT2D eigenvalue weighted by Gasteiger charge is 2.60. The van der Waals surface area contributed by atoms with Gasteiger partial charge in [0.25, 0.3) is 0 Å². The first-order valence-electron chi connectivity index (χ1n) is 26.2. The van der Waals surface area contributed by atoms with E-state index in [-0.39, 0.29) is 32.2 Å². The fourth-order valence-corrected chi connectivity index (χ4v) is 9.01. The largest absolute Gasteiger partial charge is 0.474 e. The fraction of sp³-hybridized carbons (Fsp3) is 0.875. The molecule has 0 spiro atoms. The Hall–Kier alpha value is -2.54. The number of unbranched alkanes of at least 4 members (excludes halogenated alkanes) is 12. The number of aliphatic hydroxyl groups excluding tert-OH is 1. The van der Waals surface area contributed by atoms with Gasteiger partial charge >= 0.3 is 39.2 Å². The van der Waals surface area contributed by atoms with E-state index in [1.807, 2.05) is 0 Å². The fourth-order valence-electron chi connectivity index (χ4n) is 7.04. The van der Waals surface area contributed by atoms with Crippen molar-refractivity contribution in [1.29, 1.82) is 0 Å². The molecule has 22 nitrogen and oxygen atoms in total. The number of carbonyl (C=O) groups excluding carboxylic acids is 2. The van der Waals surface area contributed by atoms with Crippen molar-refractivity contribution in [1.82, 2.24) is 9.55 Å². The monoisotopic (exact) mass is 1110 g/mol. The van der Waals surface area contributed by atoms with Gasteiger partial charge in [0.1, 0.15) is 36.8 Å². The summed E-state index contributed by atoms with van der Waals surface area (Å²) in [6.07, 6.45) is 5.97. The first kappa shape index (κ1) is 67.6. The van der Waals surface area contributed by atoms with E-state index in [9.17, 15) is 28.6 Å². The maximum atomic E-state index is 15.0. The normalized spacial score (nSPS) is 19.4. The van der Waals surface area contributed by atoms with Crippen LogP contribution in [0.5, 0.6) is 0 Å². The SMILES string of the molecule is CCCCCCOC[C@H](COP(=O)(OC)OCC(COP(=O)(OC)OC[C@@H](COCCCCCC)OCCCCCC)OC(=O)CCC(=O)OC[C@H]1O[C@@H](n2ccc(N)nc2=O)C(F)(F)[C@@H]1O)OCCCCCC. The van der Waals surface area contributed by atoms with Crippen molar-refractivity contribution < 1.29 is 92.9 Å². The number of ether oxygens (including phenoxy) is 7. The Morgan fingerprint density at radius 2 is 1.12 bits per heavy atom. The summed E-state index contributed by atoms with van der Waals surface area (Å²) in [5.74, 6) is -6.36.